The minimum atomic E-state index is -0.628. The first-order valence-electron chi connectivity index (χ1n) is 7.68. The first-order valence-corrected chi connectivity index (χ1v) is 7.68. The van der Waals surface area contributed by atoms with E-state index in [0.29, 0.717) is 12.2 Å². The lowest BCUT2D eigenvalue weighted by molar-refractivity contribution is -0.145. The zero-order chi connectivity index (χ0) is 16.2. The molecule has 7 nitrogen and oxygen atoms in total. The minimum absolute atomic E-state index is 0.101. The maximum Gasteiger partial charge on any atom is 0.313 e. The molecule has 1 saturated heterocycles. The summed E-state index contributed by atoms with van der Waals surface area (Å²) >= 11 is 0. The lowest BCUT2D eigenvalue weighted by atomic mass is 9.97. The molecule has 7 heteroatoms. The molecule has 2 aromatic rings. The van der Waals surface area contributed by atoms with Gasteiger partial charge in [-0.1, -0.05) is 0 Å². The van der Waals surface area contributed by atoms with Gasteiger partial charge in [0, 0.05) is 24.5 Å². The number of piperidine rings is 1. The summed E-state index contributed by atoms with van der Waals surface area (Å²) in [6, 6.07) is 1.69. The van der Waals surface area contributed by atoms with E-state index in [-0.39, 0.29) is 6.04 Å². The van der Waals surface area contributed by atoms with Crippen molar-refractivity contribution in [2.75, 3.05) is 11.9 Å². The van der Waals surface area contributed by atoms with Gasteiger partial charge in [-0.15, -0.1) is 0 Å². The Kier molecular flexibility index (Phi) is 4.36. The molecule has 0 aromatic carbocycles. The summed E-state index contributed by atoms with van der Waals surface area (Å²) in [5, 5.41) is 9.37. The molecule has 1 unspecified atom stereocenters. The molecule has 3 heterocycles. The van der Waals surface area contributed by atoms with Gasteiger partial charge in [0.2, 0.25) is 0 Å². The Balaban J connectivity index is 1.75. The van der Waals surface area contributed by atoms with Crippen LogP contribution in [0.25, 0.3) is 0 Å². The van der Waals surface area contributed by atoms with E-state index in [4.69, 9.17) is 0 Å². The fourth-order valence-electron chi connectivity index (χ4n) is 2.87. The molecule has 3 rings (SSSR count). The van der Waals surface area contributed by atoms with Crippen LogP contribution in [0.3, 0.4) is 0 Å². The van der Waals surface area contributed by atoms with Crippen molar-refractivity contribution in [1.82, 2.24) is 20.1 Å². The average Bonchev–Trinajstić information content (AvgIpc) is 3.10. The number of likely N-dealkylation sites (tertiary alicyclic amines) is 1. The van der Waals surface area contributed by atoms with E-state index in [1.165, 1.54) is 0 Å². The highest BCUT2D eigenvalue weighted by Gasteiger charge is 2.32. The van der Waals surface area contributed by atoms with E-state index in [0.717, 1.165) is 30.4 Å². The summed E-state index contributed by atoms with van der Waals surface area (Å²) in [6.07, 6.45) is 9.45. The predicted molar refractivity (Wildman–Crippen MR) is 84.5 cm³/mol. The topological polar surface area (TPSA) is 91.0 Å². The molecule has 2 N–H and O–H groups in total. The van der Waals surface area contributed by atoms with Gasteiger partial charge in [-0.25, -0.2) is 0 Å². The molecule has 1 aliphatic heterocycles. The van der Waals surface area contributed by atoms with Crippen molar-refractivity contribution in [3.63, 3.8) is 0 Å². The van der Waals surface area contributed by atoms with Crippen molar-refractivity contribution in [3.05, 3.63) is 42.0 Å². The number of anilines is 1. The Morgan fingerprint density at radius 2 is 2.22 bits per heavy atom. The number of aryl methyl sites for hydroxylation is 1. The monoisotopic (exact) mass is 313 g/mol. The highest BCUT2D eigenvalue weighted by atomic mass is 16.2. The second kappa shape index (κ2) is 6.60. The summed E-state index contributed by atoms with van der Waals surface area (Å²) in [5.41, 5.74) is 2.36. The van der Waals surface area contributed by atoms with Crippen LogP contribution >= 0.6 is 0 Å². The Labute approximate surface area is 134 Å². The van der Waals surface area contributed by atoms with Crippen molar-refractivity contribution < 1.29 is 9.59 Å². The van der Waals surface area contributed by atoms with E-state index in [1.54, 1.807) is 35.8 Å². The van der Waals surface area contributed by atoms with Gasteiger partial charge in [-0.05, 0) is 37.8 Å². The molecular formula is C16H19N5O2. The average molecular weight is 313 g/mol. The molecule has 0 saturated carbocycles. The van der Waals surface area contributed by atoms with E-state index < -0.39 is 11.8 Å². The molecule has 0 bridgehead atoms. The van der Waals surface area contributed by atoms with E-state index >= 15 is 0 Å². The van der Waals surface area contributed by atoms with Crippen LogP contribution in [-0.4, -0.2) is 38.4 Å². The van der Waals surface area contributed by atoms with E-state index in [9.17, 15) is 9.59 Å². The predicted octanol–water partition coefficient (Wildman–Crippen LogP) is 1.81. The van der Waals surface area contributed by atoms with Crippen molar-refractivity contribution >= 4 is 17.5 Å². The van der Waals surface area contributed by atoms with Gasteiger partial charge >= 0.3 is 11.8 Å². The standard InChI is InChI=1S/C16H19N5O2/c1-11-5-6-17-10-13(11)20-15(22)16(23)21-7-3-2-4-14(21)12-8-18-19-9-12/h5-6,8-10,14H,2-4,7H2,1H3,(H,18,19)(H,20,22). The number of hydrogen-bond donors (Lipinski definition) is 2. The molecule has 120 valence electrons. The first-order chi connectivity index (χ1) is 11.2. The maximum atomic E-state index is 12.6. The molecule has 0 aliphatic carbocycles. The second-order valence-corrected chi connectivity index (χ2v) is 5.69. The molecule has 23 heavy (non-hydrogen) atoms. The first kappa shape index (κ1) is 15.2. The lowest BCUT2D eigenvalue weighted by Crippen LogP contribution is -2.44. The number of amides is 2. The number of aromatic nitrogens is 3. The number of nitrogens with one attached hydrogen (secondary N) is 2. The van der Waals surface area contributed by atoms with Gasteiger partial charge in [0.25, 0.3) is 0 Å². The summed E-state index contributed by atoms with van der Waals surface area (Å²) in [7, 11) is 0. The maximum absolute atomic E-state index is 12.6. The van der Waals surface area contributed by atoms with Gasteiger partial charge in [0.15, 0.2) is 0 Å². The molecule has 2 aromatic heterocycles. The van der Waals surface area contributed by atoms with Crippen LogP contribution in [0.5, 0.6) is 0 Å². The smallest absolute Gasteiger partial charge is 0.313 e. The lowest BCUT2D eigenvalue weighted by Gasteiger charge is -2.34. The highest BCUT2D eigenvalue weighted by molar-refractivity contribution is 6.39. The zero-order valence-electron chi connectivity index (χ0n) is 13.0. The van der Waals surface area contributed by atoms with Gasteiger partial charge in [-0.2, -0.15) is 5.10 Å². The van der Waals surface area contributed by atoms with Crippen LogP contribution in [0, 0.1) is 6.92 Å². The number of aromatic amines is 1. The fourth-order valence-corrected chi connectivity index (χ4v) is 2.87. The number of H-pyrrole nitrogens is 1. The number of pyridine rings is 1. The van der Waals surface area contributed by atoms with Crippen molar-refractivity contribution in [1.29, 1.82) is 0 Å². The zero-order valence-corrected chi connectivity index (χ0v) is 13.0. The third-order valence-corrected chi connectivity index (χ3v) is 4.15. The van der Waals surface area contributed by atoms with Gasteiger partial charge in [-0.3, -0.25) is 19.7 Å². The van der Waals surface area contributed by atoms with Crippen LogP contribution in [-0.2, 0) is 9.59 Å². The SMILES string of the molecule is Cc1ccncc1NC(=O)C(=O)N1CCCCC1c1cn[nH]c1. The van der Waals surface area contributed by atoms with Gasteiger partial charge in [0.05, 0.1) is 24.1 Å². The molecule has 2 amide bonds. The van der Waals surface area contributed by atoms with Crippen molar-refractivity contribution in [3.8, 4) is 0 Å². The summed E-state index contributed by atoms with van der Waals surface area (Å²) < 4.78 is 0. The number of rotatable bonds is 2. The highest BCUT2D eigenvalue weighted by Crippen LogP contribution is 2.30. The molecule has 1 fully saturated rings. The molecule has 0 radical (unpaired) electrons. The summed E-state index contributed by atoms with van der Waals surface area (Å²) in [4.78, 5) is 30.5. The van der Waals surface area contributed by atoms with Gasteiger partial charge < -0.3 is 10.2 Å². The third kappa shape index (κ3) is 3.23. The largest absolute Gasteiger partial charge is 0.327 e. The Bertz CT molecular complexity index is 698. The molecule has 1 aliphatic rings. The molecule has 1 atom stereocenters. The molecule has 0 spiro atoms. The summed E-state index contributed by atoms with van der Waals surface area (Å²) in [6.45, 7) is 2.44. The van der Waals surface area contributed by atoms with Crippen LogP contribution in [0.1, 0.15) is 36.4 Å². The normalized spacial score (nSPS) is 17.8. The van der Waals surface area contributed by atoms with E-state index in [1.807, 2.05) is 6.92 Å². The second-order valence-electron chi connectivity index (χ2n) is 5.69. The van der Waals surface area contributed by atoms with Gasteiger partial charge in [0.1, 0.15) is 0 Å². The minimum Gasteiger partial charge on any atom is -0.327 e. The number of hydrogen-bond acceptors (Lipinski definition) is 4. The van der Waals surface area contributed by atoms with Crippen molar-refractivity contribution in [2.45, 2.75) is 32.2 Å². The third-order valence-electron chi connectivity index (χ3n) is 4.15. The van der Waals surface area contributed by atoms with Crippen LogP contribution < -0.4 is 5.32 Å². The quantitative estimate of drug-likeness (QED) is 0.827. The molecular weight excluding hydrogens is 294 g/mol. The fraction of sp³-hybridized carbons (Fsp3) is 0.375. The van der Waals surface area contributed by atoms with Crippen LogP contribution in [0.4, 0.5) is 5.69 Å². The van der Waals surface area contributed by atoms with Crippen LogP contribution in [0.2, 0.25) is 0 Å². The van der Waals surface area contributed by atoms with Crippen molar-refractivity contribution in [2.24, 2.45) is 0 Å². The number of carbonyl (C=O) groups excluding carboxylic acids is 2. The summed E-state index contributed by atoms with van der Waals surface area (Å²) in [5.74, 6) is -1.14. The van der Waals surface area contributed by atoms with E-state index in [2.05, 4.69) is 20.5 Å². The number of nitrogens with zero attached hydrogens (tertiary/aromatic N) is 3. The Hall–Kier alpha value is -2.70. The Morgan fingerprint density at radius 3 is 2.96 bits per heavy atom. The number of carbonyl (C=O) groups is 2. The van der Waals surface area contributed by atoms with Crippen LogP contribution in [0.15, 0.2) is 30.9 Å². The Morgan fingerprint density at radius 1 is 1.35 bits per heavy atom.